The molecule has 0 atom stereocenters. The Bertz CT molecular complexity index is 558. The van der Waals surface area contributed by atoms with Crippen LogP contribution in [-0.4, -0.2) is 9.97 Å². The number of benzene rings is 1. The number of aryl methyl sites for hydroxylation is 1. The van der Waals surface area contributed by atoms with E-state index in [-0.39, 0.29) is 12.1 Å². The first-order valence-corrected chi connectivity index (χ1v) is 5.52. The molecule has 0 fully saturated rings. The highest BCUT2D eigenvalue weighted by atomic mass is 16.1. The Balaban J connectivity index is 2.26. The van der Waals surface area contributed by atoms with Crippen molar-refractivity contribution in [2.24, 2.45) is 5.73 Å². The second-order valence-electron chi connectivity index (χ2n) is 4.05. The highest BCUT2D eigenvalue weighted by Gasteiger charge is 2.01. The first kappa shape index (κ1) is 11.5. The maximum Gasteiger partial charge on any atom is 0.251 e. The normalized spacial score (nSPS) is 10.5. The molecular weight excluding hydrogens is 214 g/mol. The molecule has 1 heterocycles. The van der Waals surface area contributed by atoms with Crippen LogP contribution >= 0.6 is 0 Å². The fraction of sp³-hybridized carbons (Fsp3) is 0.231. The zero-order valence-electron chi connectivity index (χ0n) is 9.73. The summed E-state index contributed by atoms with van der Waals surface area (Å²) in [6, 6.07) is 9.58. The van der Waals surface area contributed by atoms with Gasteiger partial charge in [0.15, 0.2) is 0 Å². The van der Waals surface area contributed by atoms with Gasteiger partial charge in [-0.1, -0.05) is 29.8 Å². The van der Waals surface area contributed by atoms with Gasteiger partial charge in [-0.25, -0.2) is 4.98 Å². The lowest BCUT2D eigenvalue weighted by molar-refractivity contribution is 0.875. The highest BCUT2D eigenvalue weighted by Crippen LogP contribution is 2.06. The Kier molecular flexibility index (Phi) is 3.35. The number of nitrogens with two attached hydrogens (primary N) is 1. The van der Waals surface area contributed by atoms with Gasteiger partial charge in [0.25, 0.3) is 5.56 Å². The molecule has 0 saturated carbocycles. The smallest absolute Gasteiger partial charge is 0.251 e. The van der Waals surface area contributed by atoms with Crippen LogP contribution in [0.1, 0.15) is 22.6 Å². The van der Waals surface area contributed by atoms with E-state index in [1.54, 1.807) is 0 Å². The van der Waals surface area contributed by atoms with Gasteiger partial charge >= 0.3 is 0 Å². The van der Waals surface area contributed by atoms with Crippen LogP contribution in [0.5, 0.6) is 0 Å². The minimum Gasteiger partial charge on any atom is -0.325 e. The van der Waals surface area contributed by atoms with E-state index < -0.39 is 0 Å². The standard InChI is InChI=1S/C13H15N3O/c1-9-2-4-10(5-3-9)6-12-15-11(8-14)7-13(17)16-12/h2-5,7H,6,8,14H2,1H3,(H,15,16,17). The lowest BCUT2D eigenvalue weighted by atomic mass is 10.1. The summed E-state index contributed by atoms with van der Waals surface area (Å²) in [6.07, 6.45) is 0.614. The Morgan fingerprint density at radius 2 is 2.00 bits per heavy atom. The van der Waals surface area contributed by atoms with Crippen LogP contribution in [0, 0.1) is 6.92 Å². The average molecular weight is 229 g/mol. The molecular formula is C13H15N3O. The molecule has 0 saturated heterocycles. The quantitative estimate of drug-likeness (QED) is 0.828. The van der Waals surface area contributed by atoms with E-state index in [1.165, 1.54) is 11.6 Å². The summed E-state index contributed by atoms with van der Waals surface area (Å²) in [5, 5.41) is 0. The number of hydrogen-bond acceptors (Lipinski definition) is 3. The fourth-order valence-electron chi connectivity index (χ4n) is 1.65. The van der Waals surface area contributed by atoms with Crippen molar-refractivity contribution < 1.29 is 0 Å². The molecule has 0 bridgehead atoms. The zero-order chi connectivity index (χ0) is 12.3. The first-order chi connectivity index (χ1) is 8.17. The lowest BCUT2D eigenvalue weighted by Crippen LogP contribution is -2.15. The minimum absolute atomic E-state index is 0.150. The number of aromatic nitrogens is 2. The molecule has 1 aromatic carbocycles. The third kappa shape index (κ3) is 3.01. The number of nitrogens with zero attached hydrogens (tertiary/aromatic N) is 1. The van der Waals surface area contributed by atoms with Gasteiger partial charge in [-0.2, -0.15) is 0 Å². The van der Waals surface area contributed by atoms with E-state index in [2.05, 4.69) is 9.97 Å². The van der Waals surface area contributed by atoms with E-state index in [1.807, 2.05) is 31.2 Å². The molecule has 0 amide bonds. The Morgan fingerprint density at radius 3 is 2.65 bits per heavy atom. The maximum atomic E-state index is 11.4. The summed E-state index contributed by atoms with van der Waals surface area (Å²) in [5.74, 6) is 0.654. The summed E-state index contributed by atoms with van der Waals surface area (Å²) in [7, 11) is 0. The Hall–Kier alpha value is -1.94. The van der Waals surface area contributed by atoms with Crippen LogP contribution in [0.25, 0.3) is 0 Å². The second kappa shape index (κ2) is 4.93. The SMILES string of the molecule is Cc1ccc(Cc2nc(CN)cc(=O)[nH]2)cc1. The molecule has 2 rings (SSSR count). The fourth-order valence-corrected chi connectivity index (χ4v) is 1.65. The number of rotatable bonds is 3. The van der Waals surface area contributed by atoms with Gasteiger partial charge in [0.05, 0.1) is 5.69 Å². The van der Waals surface area contributed by atoms with Crippen molar-refractivity contribution in [3.8, 4) is 0 Å². The third-order valence-corrected chi connectivity index (χ3v) is 2.55. The summed E-state index contributed by atoms with van der Waals surface area (Å²) in [6.45, 7) is 2.32. The molecule has 0 radical (unpaired) electrons. The van der Waals surface area contributed by atoms with Crippen molar-refractivity contribution in [2.75, 3.05) is 0 Å². The molecule has 4 heteroatoms. The van der Waals surface area contributed by atoms with Gasteiger partial charge in [0.2, 0.25) is 0 Å². The van der Waals surface area contributed by atoms with Gasteiger partial charge in [0.1, 0.15) is 5.82 Å². The largest absolute Gasteiger partial charge is 0.325 e. The molecule has 3 N–H and O–H groups in total. The van der Waals surface area contributed by atoms with Gasteiger partial charge in [-0.15, -0.1) is 0 Å². The first-order valence-electron chi connectivity index (χ1n) is 5.52. The summed E-state index contributed by atoms with van der Waals surface area (Å²) >= 11 is 0. The molecule has 2 aromatic rings. The number of aromatic amines is 1. The molecule has 1 aromatic heterocycles. The van der Waals surface area contributed by atoms with Crippen molar-refractivity contribution in [3.05, 3.63) is 63.3 Å². The van der Waals surface area contributed by atoms with Crippen molar-refractivity contribution in [2.45, 2.75) is 19.9 Å². The predicted molar refractivity (Wildman–Crippen MR) is 66.7 cm³/mol. The molecule has 0 aliphatic heterocycles. The van der Waals surface area contributed by atoms with Gasteiger partial charge in [-0.05, 0) is 12.5 Å². The maximum absolute atomic E-state index is 11.4. The third-order valence-electron chi connectivity index (χ3n) is 2.55. The Morgan fingerprint density at radius 1 is 1.29 bits per heavy atom. The molecule has 0 unspecified atom stereocenters. The zero-order valence-corrected chi connectivity index (χ0v) is 9.73. The van der Waals surface area contributed by atoms with E-state index in [0.29, 0.717) is 17.9 Å². The van der Waals surface area contributed by atoms with Crippen LogP contribution in [0.2, 0.25) is 0 Å². The molecule has 0 aliphatic carbocycles. The molecule has 0 aliphatic rings. The second-order valence-corrected chi connectivity index (χ2v) is 4.05. The van der Waals surface area contributed by atoms with Gasteiger partial charge in [0, 0.05) is 19.0 Å². The van der Waals surface area contributed by atoms with Crippen molar-refractivity contribution >= 4 is 0 Å². The minimum atomic E-state index is -0.150. The number of H-pyrrole nitrogens is 1. The van der Waals surface area contributed by atoms with E-state index in [4.69, 9.17) is 5.73 Å². The topological polar surface area (TPSA) is 71.8 Å². The number of hydrogen-bond donors (Lipinski definition) is 2. The van der Waals surface area contributed by atoms with E-state index in [9.17, 15) is 4.79 Å². The molecule has 17 heavy (non-hydrogen) atoms. The number of nitrogens with one attached hydrogen (secondary N) is 1. The highest BCUT2D eigenvalue weighted by molar-refractivity contribution is 5.24. The summed E-state index contributed by atoms with van der Waals surface area (Å²) in [5.41, 5.74) is 8.29. The van der Waals surface area contributed by atoms with E-state index in [0.717, 1.165) is 5.56 Å². The molecule has 4 nitrogen and oxygen atoms in total. The van der Waals surface area contributed by atoms with E-state index >= 15 is 0 Å². The van der Waals surface area contributed by atoms with Crippen molar-refractivity contribution in [1.29, 1.82) is 0 Å². The van der Waals surface area contributed by atoms with Crippen molar-refractivity contribution in [1.82, 2.24) is 9.97 Å². The molecule has 88 valence electrons. The van der Waals surface area contributed by atoms with Crippen LogP contribution in [0.4, 0.5) is 0 Å². The molecule has 0 spiro atoms. The van der Waals surface area contributed by atoms with Gasteiger partial charge in [-0.3, -0.25) is 4.79 Å². The summed E-state index contributed by atoms with van der Waals surface area (Å²) < 4.78 is 0. The lowest BCUT2D eigenvalue weighted by Gasteiger charge is -2.03. The van der Waals surface area contributed by atoms with Crippen LogP contribution in [0.3, 0.4) is 0 Å². The predicted octanol–water partition coefficient (Wildman–Crippen LogP) is 1.13. The van der Waals surface area contributed by atoms with Crippen LogP contribution < -0.4 is 11.3 Å². The Labute approximate surface area is 99.5 Å². The summed E-state index contributed by atoms with van der Waals surface area (Å²) in [4.78, 5) is 18.4. The van der Waals surface area contributed by atoms with Crippen LogP contribution in [0.15, 0.2) is 35.1 Å². The average Bonchev–Trinajstić information content (AvgIpc) is 2.31. The van der Waals surface area contributed by atoms with Gasteiger partial charge < -0.3 is 10.7 Å². The van der Waals surface area contributed by atoms with Crippen LogP contribution in [-0.2, 0) is 13.0 Å². The van der Waals surface area contributed by atoms with Crippen molar-refractivity contribution in [3.63, 3.8) is 0 Å². The monoisotopic (exact) mass is 229 g/mol.